The molecule has 2 rings (SSSR count). The molecule has 3 nitrogen and oxygen atoms in total. The van der Waals surface area contributed by atoms with E-state index in [-0.39, 0.29) is 5.82 Å². The van der Waals surface area contributed by atoms with E-state index in [4.69, 9.17) is 4.74 Å². The van der Waals surface area contributed by atoms with Crippen LogP contribution in [0.3, 0.4) is 0 Å². The van der Waals surface area contributed by atoms with Gasteiger partial charge in [-0.3, -0.25) is 4.57 Å². The standard InChI is InChI=1S/C14H16FNO2/c1-9-5-6-11-10(12(9)15)7-8-16(11)13(17)18-14(2,3)4/h5-8H,1-4H3. The van der Waals surface area contributed by atoms with E-state index in [0.717, 1.165) is 0 Å². The summed E-state index contributed by atoms with van der Waals surface area (Å²) < 4.78 is 20.4. The number of carbonyl (C=O) groups is 1. The molecule has 1 heterocycles. The fourth-order valence-corrected chi connectivity index (χ4v) is 1.76. The van der Waals surface area contributed by atoms with Crippen LogP contribution in [0.5, 0.6) is 0 Å². The number of rotatable bonds is 0. The summed E-state index contributed by atoms with van der Waals surface area (Å²) in [4.78, 5) is 11.9. The van der Waals surface area contributed by atoms with Crippen molar-refractivity contribution in [3.63, 3.8) is 0 Å². The highest BCUT2D eigenvalue weighted by Crippen LogP contribution is 2.23. The van der Waals surface area contributed by atoms with E-state index in [1.807, 2.05) is 0 Å². The van der Waals surface area contributed by atoms with Gasteiger partial charge in [-0.05, 0) is 45.4 Å². The largest absolute Gasteiger partial charge is 0.443 e. The first kappa shape index (κ1) is 12.6. The molecule has 2 aromatic rings. The van der Waals surface area contributed by atoms with Gasteiger partial charge in [-0.1, -0.05) is 6.07 Å². The van der Waals surface area contributed by atoms with Crippen LogP contribution in [0.2, 0.25) is 0 Å². The molecule has 0 bridgehead atoms. The van der Waals surface area contributed by atoms with Crippen LogP contribution in [0.25, 0.3) is 10.9 Å². The van der Waals surface area contributed by atoms with Gasteiger partial charge < -0.3 is 4.74 Å². The van der Waals surface area contributed by atoms with Gasteiger partial charge in [-0.2, -0.15) is 0 Å². The summed E-state index contributed by atoms with van der Waals surface area (Å²) in [7, 11) is 0. The summed E-state index contributed by atoms with van der Waals surface area (Å²) in [5.74, 6) is -0.296. The topological polar surface area (TPSA) is 31.2 Å². The molecule has 1 aromatic carbocycles. The van der Waals surface area contributed by atoms with E-state index >= 15 is 0 Å². The Morgan fingerprint density at radius 1 is 1.28 bits per heavy atom. The predicted molar refractivity (Wildman–Crippen MR) is 68.3 cm³/mol. The van der Waals surface area contributed by atoms with Gasteiger partial charge in [0.15, 0.2) is 0 Å². The second-order valence-corrected chi connectivity index (χ2v) is 5.30. The third-order valence-corrected chi connectivity index (χ3v) is 2.59. The van der Waals surface area contributed by atoms with Gasteiger partial charge in [0.2, 0.25) is 0 Å². The zero-order valence-electron chi connectivity index (χ0n) is 11.0. The number of nitrogens with zero attached hydrogens (tertiary/aromatic N) is 1. The first-order valence-electron chi connectivity index (χ1n) is 5.79. The summed E-state index contributed by atoms with van der Waals surface area (Å²) >= 11 is 0. The van der Waals surface area contributed by atoms with Crippen LogP contribution in [-0.4, -0.2) is 16.3 Å². The molecule has 0 radical (unpaired) electrons. The monoisotopic (exact) mass is 249 g/mol. The van der Waals surface area contributed by atoms with E-state index in [1.165, 1.54) is 10.8 Å². The number of ether oxygens (including phenoxy) is 1. The predicted octanol–water partition coefficient (Wildman–Crippen LogP) is 3.87. The minimum absolute atomic E-state index is 0.296. The van der Waals surface area contributed by atoms with Crippen LogP contribution >= 0.6 is 0 Å². The second-order valence-electron chi connectivity index (χ2n) is 5.30. The Morgan fingerprint density at radius 3 is 2.56 bits per heavy atom. The van der Waals surface area contributed by atoms with E-state index in [1.54, 1.807) is 45.9 Å². The molecule has 18 heavy (non-hydrogen) atoms. The Kier molecular flexibility index (Phi) is 2.89. The number of aryl methyl sites for hydroxylation is 1. The number of hydrogen-bond donors (Lipinski definition) is 0. The Labute approximate surface area is 105 Å². The molecule has 0 unspecified atom stereocenters. The van der Waals surface area contributed by atoms with E-state index < -0.39 is 11.7 Å². The molecular weight excluding hydrogens is 233 g/mol. The summed E-state index contributed by atoms with van der Waals surface area (Å²) in [6.07, 6.45) is 1.03. The molecule has 0 aliphatic heterocycles. The fourth-order valence-electron chi connectivity index (χ4n) is 1.76. The minimum Gasteiger partial charge on any atom is -0.443 e. The van der Waals surface area contributed by atoms with Crippen molar-refractivity contribution < 1.29 is 13.9 Å². The molecule has 0 fully saturated rings. The molecule has 96 valence electrons. The zero-order valence-corrected chi connectivity index (χ0v) is 11.0. The van der Waals surface area contributed by atoms with Gasteiger partial charge in [0.05, 0.1) is 5.52 Å². The Bertz CT molecular complexity index is 608. The fraction of sp³-hybridized carbons (Fsp3) is 0.357. The molecule has 0 aliphatic carbocycles. The van der Waals surface area contributed by atoms with Gasteiger partial charge in [0, 0.05) is 11.6 Å². The summed E-state index contributed by atoms with van der Waals surface area (Å²) in [5, 5.41) is 0.431. The molecule has 0 amide bonds. The van der Waals surface area contributed by atoms with Crippen molar-refractivity contribution >= 4 is 17.0 Å². The smallest absolute Gasteiger partial charge is 0.418 e. The molecule has 0 atom stereocenters. The van der Waals surface area contributed by atoms with Crippen molar-refractivity contribution in [1.82, 2.24) is 4.57 Å². The highest BCUT2D eigenvalue weighted by Gasteiger charge is 2.19. The molecular formula is C14H16FNO2. The quantitative estimate of drug-likeness (QED) is 0.709. The molecule has 0 spiro atoms. The summed E-state index contributed by atoms with van der Waals surface area (Å²) in [5.41, 5.74) is 0.508. The number of fused-ring (bicyclic) bond motifs is 1. The number of hydrogen-bond acceptors (Lipinski definition) is 2. The van der Waals surface area contributed by atoms with Crippen molar-refractivity contribution in [2.24, 2.45) is 0 Å². The van der Waals surface area contributed by atoms with Crippen molar-refractivity contribution in [3.05, 3.63) is 35.8 Å². The minimum atomic E-state index is -0.573. The van der Waals surface area contributed by atoms with Gasteiger partial charge in [-0.25, -0.2) is 9.18 Å². The molecule has 4 heteroatoms. The average Bonchev–Trinajstić information content (AvgIpc) is 2.65. The molecule has 0 saturated heterocycles. The van der Waals surface area contributed by atoms with Crippen molar-refractivity contribution in [2.75, 3.05) is 0 Å². The zero-order chi connectivity index (χ0) is 13.5. The van der Waals surface area contributed by atoms with E-state index in [9.17, 15) is 9.18 Å². The lowest BCUT2D eigenvalue weighted by Gasteiger charge is -2.19. The van der Waals surface area contributed by atoms with Crippen LogP contribution in [0.15, 0.2) is 24.4 Å². The molecule has 0 N–H and O–H groups in total. The van der Waals surface area contributed by atoms with E-state index in [0.29, 0.717) is 16.5 Å². The van der Waals surface area contributed by atoms with Gasteiger partial charge >= 0.3 is 6.09 Å². The second kappa shape index (κ2) is 4.12. The molecule has 1 aromatic heterocycles. The van der Waals surface area contributed by atoms with Gasteiger partial charge in [-0.15, -0.1) is 0 Å². The van der Waals surface area contributed by atoms with Crippen LogP contribution in [0.1, 0.15) is 26.3 Å². The first-order valence-corrected chi connectivity index (χ1v) is 5.79. The maximum atomic E-state index is 13.8. The summed E-state index contributed by atoms with van der Waals surface area (Å²) in [6, 6.07) is 4.96. The van der Waals surface area contributed by atoms with E-state index in [2.05, 4.69) is 0 Å². The average molecular weight is 249 g/mol. The first-order chi connectivity index (χ1) is 8.29. The van der Waals surface area contributed by atoms with Crippen molar-refractivity contribution in [3.8, 4) is 0 Å². The number of carbonyl (C=O) groups excluding carboxylic acids is 1. The summed E-state index contributed by atoms with van der Waals surface area (Å²) in [6.45, 7) is 7.07. The number of aromatic nitrogens is 1. The van der Waals surface area contributed by atoms with Crippen LogP contribution < -0.4 is 0 Å². The van der Waals surface area contributed by atoms with Gasteiger partial charge in [0.1, 0.15) is 11.4 Å². The third kappa shape index (κ3) is 2.23. The highest BCUT2D eigenvalue weighted by atomic mass is 19.1. The number of benzene rings is 1. The SMILES string of the molecule is Cc1ccc2c(ccn2C(=O)OC(C)(C)C)c1F. The lowest BCUT2D eigenvalue weighted by Crippen LogP contribution is -2.26. The normalized spacial score (nSPS) is 11.8. The maximum Gasteiger partial charge on any atom is 0.418 e. The molecule has 0 saturated carbocycles. The van der Waals surface area contributed by atoms with Crippen LogP contribution in [0.4, 0.5) is 9.18 Å². The Hall–Kier alpha value is -1.84. The lowest BCUT2D eigenvalue weighted by molar-refractivity contribution is 0.0544. The number of halogens is 1. The lowest BCUT2D eigenvalue weighted by atomic mass is 10.1. The molecule has 0 aliphatic rings. The third-order valence-electron chi connectivity index (χ3n) is 2.59. The maximum absolute atomic E-state index is 13.8. The van der Waals surface area contributed by atoms with Crippen LogP contribution in [0, 0.1) is 12.7 Å². The van der Waals surface area contributed by atoms with Crippen molar-refractivity contribution in [1.29, 1.82) is 0 Å². The Balaban J connectivity index is 2.48. The Morgan fingerprint density at radius 2 is 1.94 bits per heavy atom. The highest BCUT2D eigenvalue weighted by molar-refractivity contribution is 5.90. The van der Waals surface area contributed by atoms with Crippen LogP contribution in [-0.2, 0) is 4.74 Å². The van der Waals surface area contributed by atoms with Gasteiger partial charge in [0.25, 0.3) is 0 Å². The van der Waals surface area contributed by atoms with Crippen molar-refractivity contribution in [2.45, 2.75) is 33.3 Å².